The van der Waals surface area contributed by atoms with Crippen molar-refractivity contribution < 1.29 is 62.2 Å². The Morgan fingerprint density at radius 1 is 0.367 bits per heavy atom. The van der Waals surface area contributed by atoms with Crippen LogP contribution in [0.25, 0.3) is 43.1 Å². The first-order chi connectivity index (χ1) is 65.3. The van der Waals surface area contributed by atoms with Gasteiger partial charge in [-0.1, -0.05) is 86.6 Å². The van der Waals surface area contributed by atoms with E-state index >= 15 is 0 Å². The highest BCUT2D eigenvalue weighted by molar-refractivity contribution is 9.10. The second kappa shape index (κ2) is 47.9. The Hall–Kier alpha value is -8.32. The molecule has 8 fully saturated rings. The van der Waals surface area contributed by atoms with E-state index in [1.54, 1.807) is 30.9 Å². The minimum atomic E-state index is -4.74. The van der Waals surface area contributed by atoms with Crippen molar-refractivity contribution in [3.63, 3.8) is 0 Å². The molecule has 0 radical (unpaired) electrons. The Bertz CT molecular complexity index is 6390. The third-order valence-electron chi connectivity index (χ3n) is 27.5. The zero-order valence-electron chi connectivity index (χ0n) is 78.4. The molecule has 0 spiro atoms. The van der Waals surface area contributed by atoms with Gasteiger partial charge in [-0.15, -0.1) is 12.4 Å². The summed E-state index contributed by atoms with van der Waals surface area (Å²) in [6.45, 7) is 25.7. The van der Waals surface area contributed by atoms with Gasteiger partial charge < -0.3 is 64.5 Å². The molecule has 12 heterocycles. The standard InChI is InChI=1S/C26H27ClF3N3O3S.C24H32ClN3O3.C19H24ClN3O.C15H28N2O2.C9H5BrClNO.C7H4ClF3O2S.ClH/c27-22-16-20(15-19-5-10-31-25(34)24(19)22)32-11-6-17(7-12-32)18-8-13-33(14-9-18)37(35,36)23-4-2-1-3-21(23)26(28,29)30;1-24(2,3)31-23(30)28-12-7-17(8-13-28)16-5-10-27(11-6-16)19-14-18-4-9-26-22(29)21(18)20(25)15-19;20-17-12-16(11-15-3-8-22-19(24)18(15)17)23-9-4-14(5-10-23)13-1-6-21-7-2-13;1-15(2,3)19-14(18)17-10-6-13(7-11-17)12-4-8-16-9-5-12;10-6-3-5-1-2-12-9(13)8(5)7(11)4-6;8-14(12,13)6-4-2-1-3-5(6)7(9,10)11;/h1-5,10,15-18H,6-9,11-14H2,(H,31,34);4,9,14-17H,5-8,10-13H2,1-3H3,(H,26,29);3,8,11-14,21H,1-2,4-7,9-10H2,(H,22,24);12-13,16H,4-11H2,1-3H3;1-4H,(H,12,13);1-4H;1H. The highest BCUT2D eigenvalue weighted by Crippen LogP contribution is 2.44. The van der Waals surface area contributed by atoms with Crippen LogP contribution in [0.4, 0.5) is 53.0 Å². The van der Waals surface area contributed by atoms with Gasteiger partial charge in [0.05, 0.1) is 62.6 Å². The molecule has 0 aliphatic carbocycles. The van der Waals surface area contributed by atoms with Gasteiger partial charge in [0.2, 0.25) is 10.0 Å². The van der Waals surface area contributed by atoms with E-state index in [-0.39, 0.29) is 65.5 Å². The van der Waals surface area contributed by atoms with E-state index in [2.05, 4.69) is 73.3 Å². The van der Waals surface area contributed by atoms with E-state index in [9.17, 15) is 71.9 Å². The zero-order valence-corrected chi connectivity index (χ0v) is 86.3. The number of aromatic nitrogens is 4. The Balaban J connectivity index is 0.000000155. The largest absolute Gasteiger partial charge is 0.444 e. The second-order valence-corrected chi connectivity index (χ2v) is 45.7. The number of anilines is 3. The number of hydrogen-bond donors (Lipinski definition) is 6. The molecule has 0 atom stereocenters. The Morgan fingerprint density at radius 3 is 0.914 bits per heavy atom. The number of H-pyrrole nitrogens is 4. The minimum absolute atomic E-state index is 0. The van der Waals surface area contributed by atoms with Crippen LogP contribution in [0.5, 0.6) is 0 Å². The molecule has 0 saturated carbocycles. The first-order valence-electron chi connectivity index (χ1n) is 47.1. The molecule has 24 nitrogen and oxygen atoms in total. The van der Waals surface area contributed by atoms with Crippen LogP contribution in [-0.4, -0.2) is 179 Å². The summed E-state index contributed by atoms with van der Waals surface area (Å²) in [5.41, 5.74) is -0.660. The van der Waals surface area contributed by atoms with E-state index in [1.807, 2.05) is 106 Å². The fourth-order valence-electron chi connectivity index (χ4n) is 20.4. The minimum Gasteiger partial charge on any atom is -0.444 e. The van der Waals surface area contributed by atoms with Gasteiger partial charge in [0, 0.05) is 136 Å². The number of benzene rings is 6. The summed E-state index contributed by atoms with van der Waals surface area (Å²) in [7, 11) is -3.75. The van der Waals surface area contributed by atoms with Crippen molar-refractivity contribution in [2.75, 3.05) is 119 Å². The van der Waals surface area contributed by atoms with Gasteiger partial charge in [-0.05, 0) is 336 Å². The first-order valence-corrected chi connectivity index (χ1v) is 53.2. The number of sulfonamides is 1. The first kappa shape index (κ1) is 109. The predicted molar refractivity (Wildman–Crippen MR) is 548 cm³/mol. The quantitative estimate of drug-likeness (QED) is 0.0548. The number of rotatable bonds is 10. The molecular formula is C100H121BrCl6F6N12O12S2. The van der Waals surface area contributed by atoms with Crippen molar-refractivity contribution in [1.29, 1.82) is 0 Å². The van der Waals surface area contributed by atoms with Gasteiger partial charge in [0.15, 0.2) is 0 Å². The van der Waals surface area contributed by atoms with Crippen LogP contribution in [0.15, 0.2) is 180 Å². The smallest absolute Gasteiger partial charge is 0.417 e. The third kappa shape index (κ3) is 29.1. The van der Waals surface area contributed by atoms with Crippen molar-refractivity contribution in [3.05, 3.63) is 223 Å². The van der Waals surface area contributed by atoms with Crippen LogP contribution in [0, 0.1) is 47.3 Å². The molecule has 8 saturated heterocycles. The monoisotopic (exact) mass is 2150 g/mol. The topological polar surface area (TPSA) is 296 Å². The fourth-order valence-corrected chi connectivity index (χ4v) is 25.0. The van der Waals surface area contributed by atoms with Gasteiger partial charge in [-0.25, -0.2) is 26.4 Å². The Kier molecular flexibility index (Phi) is 37.7. The van der Waals surface area contributed by atoms with Crippen molar-refractivity contribution >= 4 is 177 Å². The van der Waals surface area contributed by atoms with Crippen LogP contribution in [-0.2, 0) is 40.9 Å². The van der Waals surface area contributed by atoms with Gasteiger partial charge in [0.25, 0.3) is 31.3 Å². The lowest BCUT2D eigenvalue weighted by atomic mass is 9.79. The van der Waals surface area contributed by atoms with E-state index in [0.29, 0.717) is 84.2 Å². The van der Waals surface area contributed by atoms with Gasteiger partial charge in [-0.2, -0.15) is 30.6 Å². The van der Waals surface area contributed by atoms with E-state index in [0.717, 1.165) is 221 Å². The maximum absolute atomic E-state index is 13.4. The van der Waals surface area contributed by atoms with Crippen LogP contribution in [0.1, 0.15) is 155 Å². The van der Waals surface area contributed by atoms with Crippen molar-refractivity contribution in [3.8, 4) is 0 Å². The summed E-state index contributed by atoms with van der Waals surface area (Å²) in [6, 6.07) is 31.0. The number of carbonyl (C=O) groups excluding carboxylic acids is 2. The van der Waals surface area contributed by atoms with Crippen LogP contribution < -0.4 is 47.6 Å². The molecule has 8 aliphatic rings. The molecule has 10 aromatic rings. The highest BCUT2D eigenvalue weighted by Gasteiger charge is 2.43. The maximum Gasteiger partial charge on any atom is 0.417 e. The maximum atomic E-state index is 13.4. The lowest BCUT2D eigenvalue weighted by Crippen LogP contribution is -2.44. The molecule has 0 unspecified atom stereocenters. The molecule has 8 aliphatic heterocycles. The van der Waals surface area contributed by atoms with Crippen LogP contribution in [0.2, 0.25) is 20.1 Å². The second-order valence-electron chi connectivity index (χ2n) is 38.7. The SMILES string of the molecule is CC(C)(C)OC(=O)N1CCC(C2CCN(c3cc(Cl)c4c(=O)[nH]ccc4c3)CC2)CC1.CC(C)(C)OC(=O)N1CCC(C2CCNCC2)CC1.Cl.O=S(=O)(Cl)c1ccccc1C(F)(F)F.O=c1[nH]ccc2cc(Br)cc(Cl)c12.O=c1[nH]ccc2cc(N3CCC(C4CCN(S(=O)(=O)c5ccccc5C(F)(F)F)CC4)CC3)cc(Cl)c12.O=c1[nH]ccc2cc(N3CCC(C4CCNCC4)CC3)cc(Cl)c12. The number of likely N-dealkylation sites (tertiary alicyclic amines) is 2. The number of amides is 2. The summed E-state index contributed by atoms with van der Waals surface area (Å²) in [5, 5.41) is 14.4. The van der Waals surface area contributed by atoms with Crippen LogP contribution in [0.3, 0.4) is 0 Å². The van der Waals surface area contributed by atoms with Crippen LogP contribution >= 0.6 is 85.4 Å². The lowest BCUT2D eigenvalue weighted by molar-refractivity contribution is -0.140. The van der Waals surface area contributed by atoms with E-state index in [1.165, 1.54) is 74.1 Å². The summed E-state index contributed by atoms with van der Waals surface area (Å²) in [4.78, 5) is 91.5. The molecule has 4 aromatic heterocycles. The summed E-state index contributed by atoms with van der Waals surface area (Å²) in [5.74, 6) is 5.53. The number of nitrogens with one attached hydrogen (secondary N) is 6. The normalized spacial score (nSPS) is 18.4. The number of pyridine rings is 4. The summed E-state index contributed by atoms with van der Waals surface area (Å²) < 4.78 is 138. The predicted octanol–water partition coefficient (Wildman–Crippen LogP) is 22.6. The van der Waals surface area contributed by atoms with E-state index < -0.39 is 57.9 Å². The van der Waals surface area contributed by atoms with Crippen molar-refractivity contribution in [1.82, 2.24) is 44.7 Å². The molecule has 6 N–H and O–H groups in total. The molecular weight excluding hydrogens is 2030 g/mol. The molecule has 6 aromatic carbocycles. The zero-order chi connectivity index (χ0) is 99.3. The number of aromatic amines is 4. The van der Waals surface area contributed by atoms with Crippen molar-refractivity contribution in [2.24, 2.45) is 47.3 Å². The molecule has 39 heteroatoms. The molecule has 2 amide bonds. The highest BCUT2D eigenvalue weighted by atomic mass is 79.9. The number of halogens is 13. The Morgan fingerprint density at radius 2 is 0.626 bits per heavy atom. The molecule has 756 valence electrons. The number of alkyl halides is 6. The number of hydrogen-bond acceptors (Lipinski definition) is 17. The lowest BCUT2D eigenvalue weighted by Gasteiger charge is -2.41. The number of ether oxygens (including phenoxy) is 2. The number of nitrogens with zero attached hydrogens (tertiary/aromatic N) is 6. The average molecular weight is 2150 g/mol. The summed E-state index contributed by atoms with van der Waals surface area (Å²) in [6.07, 6.45) is 14.3. The van der Waals surface area contributed by atoms with Gasteiger partial charge in [-0.3, -0.25) is 19.2 Å². The van der Waals surface area contributed by atoms with E-state index in [4.69, 9.17) is 66.6 Å². The van der Waals surface area contributed by atoms with Crippen molar-refractivity contribution in [2.45, 2.75) is 178 Å². The molecule has 0 bridgehead atoms. The fraction of sp³-hybridized carbons (Fsp3) is 0.500. The molecule has 18 rings (SSSR count). The average Bonchev–Trinajstić information content (AvgIpc) is 0.761. The number of piperidine rings is 8. The Labute approximate surface area is 845 Å². The third-order valence-corrected chi connectivity index (χ3v) is 32.5. The number of fused-ring (bicyclic) bond motifs is 4. The molecule has 139 heavy (non-hydrogen) atoms. The van der Waals surface area contributed by atoms with Gasteiger partial charge in [0.1, 0.15) is 11.2 Å². The summed E-state index contributed by atoms with van der Waals surface area (Å²) >= 11 is 28.4. The number of carbonyl (C=O) groups is 2. The van der Waals surface area contributed by atoms with Gasteiger partial charge >= 0.3 is 24.5 Å².